The predicted octanol–water partition coefficient (Wildman–Crippen LogP) is 5.23. The van der Waals surface area contributed by atoms with Crippen molar-refractivity contribution < 1.29 is 4.79 Å². The first-order valence-electron chi connectivity index (χ1n) is 9.26. The molecule has 2 aromatic rings. The molecule has 2 aliphatic heterocycles. The number of Topliss-reactive ketones (excluding diaryl/α,β-unsaturated/α-hetero) is 1. The minimum Gasteiger partial charge on any atom is -0.383 e. The van der Waals surface area contributed by atoms with Gasteiger partial charge in [-0.15, -0.1) is 0 Å². The van der Waals surface area contributed by atoms with Crippen LogP contribution in [-0.2, 0) is 4.79 Å². The van der Waals surface area contributed by atoms with Crippen LogP contribution in [0.25, 0.3) is 0 Å². The summed E-state index contributed by atoms with van der Waals surface area (Å²) in [5.74, 6) is 0.411. The van der Waals surface area contributed by atoms with Crippen LogP contribution < -0.4 is 11.1 Å². The van der Waals surface area contributed by atoms with E-state index in [1.54, 1.807) is 11.8 Å². The molecule has 4 nitrogen and oxygen atoms in total. The molecule has 3 N–H and O–H groups in total. The fourth-order valence-corrected chi connectivity index (χ4v) is 5.28. The van der Waals surface area contributed by atoms with Crippen molar-refractivity contribution in [3.8, 4) is 0 Å². The number of allylic oxidation sites excluding steroid dienone is 2. The molecule has 28 heavy (non-hydrogen) atoms. The second kappa shape index (κ2) is 6.83. The molecule has 3 aliphatic rings. The molecule has 2 heterocycles. The van der Waals surface area contributed by atoms with Gasteiger partial charge in [-0.05, 0) is 42.7 Å². The lowest BCUT2D eigenvalue weighted by Crippen LogP contribution is -2.31. The Labute approximate surface area is 172 Å². The van der Waals surface area contributed by atoms with Crippen molar-refractivity contribution in [2.75, 3.05) is 5.32 Å². The summed E-state index contributed by atoms with van der Waals surface area (Å²) in [6, 6.07) is 15.8. The third kappa shape index (κ3) is 2.86. The minimum atomic E-state index is -0.234. The molecule has 6 heteroatoms. The molecule has 0 radical (unpaired) electrons. The SMILES string of the molecule is NC1=NC2=C(C(=O)CCC2)C(c2ccc(Cl)cc2)/C1=C1\Nc2ccccc2S1. The van der Waals surface area contributed by atoms with E-state index in [-0.39, 0.29) is 11.7 Å². The summed E-state index contributed by atoms with van der Waals surface area (Å²) in [5, 5.41) is 5.08. The van der Waals surface area contributed by atoms with Crippen molar-refractivity contribution in [3.63, 3.8) is 0 Å². The quantitative estimate of drug-likeness (QED) is 0.679. The number of aliphatic imine (C=N–C) groups is 1. The molecule has 0 fully saturated rings. The summed E-state index contributed by atoms with van der Waals surface area (Å²) in [4.78, 5) is 18.7. The minimum absolute atomic E-state index is 0.163. The standard InChI is InChI=1S/C22H18ClN3OS/c23-13-10-8-12(9-11-13)18-19-15(5-3-6-16(19)27)25-21(24)20(18)22-26-14-4-1-2-7-17(14)28-22/h1-2,4,7-11,18,26H,3,5-6H2,(H2,24,25)/b22-20-. The zero-order valence-corrected chi connectivity index (χ0v) is 16.6. The highest BCUT2D eigenvalue weighted by atomic mass is 35.5. The number of halogens is 1. The number of rotatable bonds is 1. The highest BCUT2D eigenvalue weighted by Gasteiger charge is 2.38. The van der Waals surface area contributed by atoms with Crippen molar-refractivity contribution in [2.45, 2.75) is 30.1 Å². The summed E-state index contributed by atoms with van der Waals surface area (Å²) in [7, 11) is 0. The normalized spacial score (nSPS) is 23.8. The largest absolute Gasteiger partial charge is 0.383 e. The summed E-state index contributed by atoms with van der Waals surface area (Å²) in [6.45, 7) is 0. The number of para-hydroxylation sites is 1. The summed E-state index contributed by atoms with van der Waals surface area (Å²) >= 11 is 7.75. The van der Waals surface area contributed by atoms with Crippen molar-refractivity contribution in [2.24, 2.45) is 10.7 Å². The van der Waals surface area contributed by atoms with Crippen LogP contribution in [0.1, 0.15) is 30.7 Å². The second-order valence-corrected chi connectivity index (χ2v) is 8.57. The molecule has 1 atom stereocenters. The number of hydrogen-bond acceptors (Lipinski definition) is 5. The number of ketones is 1. The third-order valence-corrected chi connectivity index (χ3v) is 6.69. The lowest BCUT2D eigenvalue weighted by Gasteiger charge is -2.32. The van der Waals surface area contributed by atoms with Gasteiger partial charge in [-0.3, -0.25) is 4.79 Å². The number of nitrogens with zero attached hydrogens (tertiary/aromatic N) is 1. The van der Waals surface area contributed by atoms with Gasteiger partial charge in [-0.25, -0.2) is 4.99 Å². The van der Waals surface area contributed by atoms with E-state index in [0.717, 1.165) is 50.9 Å². The maximum atomic E-state index is 12.9. The van der Waals surface area contributed by atoms with Gasteiger partial charge in [0, 0.05) is 33.4 Å². The maximum absolute atomic E-state index is 12.9. The number of carbonyl (C=O) groups excluding carboxylic acids is 1. The Morgan fingerprint density at radius 2 is 1.86 bits per heavy atom. The fraction of sp³-hybridized carbons (Fsp3) is 0.182. The van der Waals surface area contributed by atoms with Gasteiger partial charge < -0.3 is 11.1 Å². The first-order chi connectivity index (χ1) is 13.6. The molecular formula is C22H18ClN3OS. The Kier molecular flexibility index (Phi) is 4.29. The summed E-state index contributed by atoms with van der Waals surface area (Å²) in [5.41, 5.74) is 11.0. The molecule has 140 valence electrons. The topological polar surface area (TPSA) is 67.5 Å². The van der Waals surface area contributed by atoms with Crippen molar-refractivity contribution in [3.05, 3.63) is 81.0 Å². The van der Waals surface area contributed by atoms with Crippen LogP contribution in [0, 0.1) is 0 Å². The summed E-state index contributed by atoms with van der Waals surface area (Å²) < 4.78 is 0. The average molecular weight is 408 g/mol. The van der Waals surface area contributed by atoms with E-state index in [1.165, 1.54) is 0 Å². The number of anilines is 1. The van der Waals surface area contributed by atoms with E-state index in [1.807, 2.05) is 42.5 Å². The van der Waals surface area contributed by atoms with E-state index in [0.29, 0.717) is 17.3 Å². The van der Waals surface area contributed by atoms with E-state index < -0.39 is 0 Å². The van der Waals surface area contributed by atoms with E-state index in [2.05, 4.69) is 16.4 Å². The molecule has 0 aromatic heterocycles. The lowest BCUT2D eigenvalue weighted by molar-refractivity contribution is -0.116. The summed E-state index contributed by atoms with van der Waals surface area (Å²) in [6.07, 6.45) is 2.17. The van der Waals surface area contributed by atoms with Gasteiger partial charge in [0.15, 0.2) is 5.78 Å². The predicted molar refractivity (Wildman–Crippen MR) is 115 cm³/mol. The molecule has 0 amide bonds. The highest BCUT2D eigenvalue weighted by Crippen LogP contribution is 2.49. The van der Waals surface area contributed by atoms with Crippen LogP contribution in [0.5, 0.6) is 0 Å². The first kappa shape index (κ1) is 17.6. The lowest BCUT2D eigenvalue weighted by atomic mass is 9.76. The van der Waals surface area contributed by atoms with Crippen LogP contribution in [0.2, 0.25) is 5.02 Å². The second-order valence-electron chi connectivity index (χ2n) is 7.08. The third-order valence-electron chi connectivity index (χ3n) is 5.33. The van der Waals surface area contributed by atoms with Gasteiger partial charge in [0.1, 0.15) is 5.84 Å². The smallest absolute Gasteiger partial charge is 0.161 e. The number of hydrogen-bond donors (Lipinski definition) is 2. The van der Waals surface area contributed by atoms with Crippen molar-refractivity contribution in [1.29, 1.82) is 0 Å². The molecule has 0 spiro atoms. The zero-order valence-electron chi connectivity index (χ0n) is 15.0. The van der Waals surface area contributed by atoms with E-state index >= 15 is 0 Å². The van der Waals surface area contributed by atoms with Gasteiger partial charge in [-0.1, -0.05) is 47.6 Å². The molecule has 1 aliphatic carbocycles. The van der Waals surface area contributed by atoms with Gasteiger partial charge in [0.25, 0.3) is 0 Å². The Morgan fingerprint density at radius 1 is 1.07 bits per heavy atom. The number of thioether (sulfide) groups is 1. The van der Waals surface area contributed by atoms with Gasteiger partial charge in [0.05, 0.1) is 16.4 Å². The molecule has 2 aromatic carbocycles. The van der Waals surface area contributed by atoms with Crippen molar-refractivity contribution in [1.82, 2.24) is 0 Å². The number of carbonyl (C=O) groups is 1. The molecule has 1 unspecified atom stereocenters. The number of fused-ring (bicyclic) bond motifs is 1. The molecule has 0 saturated heterocycles. The van der Waals surface area contributed by atoms with Crippen LogP contribution in [0.15, 0.2) is 80.3 Å². The Balaban J connectivity index is 1.71. The molecule has 0 bridgehead atoms. The number of nitrogens with one attached hydrogen (secondary N) is 1. The molecular weight excluding hydrogens is 390 g/mol. The molecule has 5 rings (SSSR count). The van der Waals surface area contributed by atoms with E-state index in [9.17, 15) is 4.79 Å². The number of amidine groups is 1. The van der Waals surface area contributed by atoms with Crippen LogP contribution in [0.3, 0.4) is 0 Å². The number of benzene rings is 2. The average Bonchev–Trinajstić information content (AvgIpc) is 3.11. The Bertz CT molecular complexity index is 1060. The Morgan fingerprint density at radius 3 is 2.64 bits per heavy atom. The van der Waals surface area contributed by atoms with Crippen molar-refractivity contribution >= 4 is 40.7 Å². The maximum Gasteiger partial charge on any atom is 0.161 e. The number of nitrogens with two attached hydrogens (primary N) is 1. The van der Waals surface area contributed by atoms with E-state index in [4.69, 9.17) is 17.3 Å². The van der Waals surface area contributed by atoms with Crippen LogP contribution in [-0.4, -0.2) is 11.6 Å². The molecule has 0 saturated carbocycles. The van der Waals surface area contributed by atoms with Crippen LogP contribution in [0.4, 0.5) is 5.69 Å². The zero-order chi connectivity index (χ0) is 19.3. The van der Waals surface area contributed by atoms with Gasteiger partial charge in [0.2, 0.25) is 0 Å². The van der Waals surface area contributed by atoms with Gasteiger partial charge >= 0.3 is 0 Å². The first-order valence-corrected chi connectivity index (χ1v) is 10.5. The Hall–Kier alpha value is -2.50. The monoisotopic (exact) mass is 407 g/mol. The van der Waals surface area contributed by atoms with Gasteiger partial charge in [-0.2, -0.15) is 0 Å². The highest BCUT2D eigenvalue weighted by molar-refractivity contribution is 8.03. The fourth-order valence-electron chi connectivity index (χ4n) is 4.06. The van der Waals surface area contributed by atoms with Crippen LogP contribution >= 0.6 is 23.4 Å².